The number of rotatable bonds is 9. The number of carbonyl (C=O) groups is 1. The van der Waals surface area contributed by atoms with Gasteiger partial charge in [0.1, 0.15) is 5.01 Å². The summed E-state index contributed by atoms with van der Waals surface area (Å²) < 4.78 is 24.4. The van der Waals surface area contributed by atoms with Crippen LogP contribution in [0.4, 0.5) is 5.69 Å². The molecule has 1 amide bonds. The number of anilines is 1. The van der Waals surface area contributed by atoms with Crippen molar-refractivity contribution in [2.45, 2.75) is 38.9 Å². The largest absolute Gasteiger partial charge is 0.459 e. The van der Waals surface area contributed by atoms with E-state index in [1.165, 1.54) is 5.56 Å². The monoisotopic (exact) mass is 572 g/mol. The summed E-state index contributed by atoms with van der Waals surface area (Å²) in [6, 6.07) is 19.7. The van der Waals surface area contributed by atoms with E-state index in [9.17, 15) is 9.90 Å². The second-order valence-corrected chi connectivity index (χ2v) is 11.2. The Hall–Kier alpha value is -3.92. The van der Waals surface area contributed by atoms with Crippen molar-refractivity contribution < 1.29 is 28.8 Å². The molecule has 3 aromatic carbocycles. The maximum absolute atomic E-state index is 13.5. The fourth-order valence-electron chi connectivity index (χ4n) is 5.31. The highest BCUT2D eigenvalue weighted by Crippen LogP contribution is 2.43. The molecule has 2 N–H and O–H groups in total. The summed E-state index contributed by atoms with van der Waals surface area (Å²) in [4.78, 5) is 18.2. The van der Waals surface area contributed by atoms with Gasteiger partial charge in [0.15, 0.2) is 17.3 Å². The molecular weight excluding hydrogens is 540 g/mol. The highest BCUT2D eigenvalue weighted by Gasteiger charge is 2.38. The van der Waals surface area contributed by atoms with E-state index < -0.39 is 6.29 Å². The van der Waals surface area contributed by atoms with Crippen LogP contribution in [0.5, 0.6) is 11.5 Å². The molecular formula is C32H32N2O6S. The second kappa shape index (κ2) is 11.9. The predicted molar refractivity (Wildman–Crippen MR) is 158 cm³/mol. The van der Waals surface area contributed by atoms with Crippen LogP contribution < -0.4 is 14.8 Å². The first-order valence-corrected chi connectivity index (χ1v) is 14.6. The first-order valence-electron chi connectivity index (χ1n) is 13.8. The highest BCUT2D eigenvalue weighted by atomic mass is 32.1. The van der Waals surface area contributed by atoms with Crippen molar-refractivity contribution in [1.29, 1.82) is 0 Å². The van der Waals surface area contributed by atoms with Gasteiger partial charge < -0.3 is 29.4 Å². The smallest absolute Gasteiger partial charge is 0.290 e. The van der Waals surface area contributed by atoms with Crippen LogP contribution in [0.1, 0.15) is 36.8 Å². The summed E-state index contributed by atoms with van der Waals surface area (Å²) in [5, 5.41) is 13.4. The molecule has 3 atom stereocenters. The number of fused-ring (bicyclic) bond motifs is 2. The number of nitrogens with zero attached hydrogens (tertiary/aromatic N) is 1. The first-order chi connectivity index (χ1) is 20.0. The number of allylic oxidation sites excluding steroid dienone is 1. The zero-order valence-corrected chi connectivity index (χ0v) is 23.8. The number of hydrogen-bond acceptors (Lipinski definition) is 8. The fraction of sp³-hybridized carbons (Fsp3) is 0.312. The number of aliphatic hydroxyl groups excluding tert-OH is 1. The Labute approximate surface area is 242 Å². The quantitative estimate of drug-likeness (QED) is 0.240. The summed E-state index contributed by atoms with van der Waals surface area (Å²) >= 11 is 1.65. The van der Waals surface area contributed by atoms with Crippen LogP contribution in [0.15, 0.2) is 72.5 Å². The van der Waals surface area contributed by atoms with Crippen LogP contribution in [-0.2, 0) is 14.3 Å². The Morgan fingerprint density at radius 1 is 1.10 bits per heavy atom. The van der Waals surface area contributed by atoms with Crippen molar-refractivity contribution in [2.24, 2.45) is 5.92 Å². The molecule has 1 aromatic heterocycles. The lowest BCUT2D eigenvalue weighted by molar-refractivity contribution is -0.165. The van der Waals surface area contributed by atoms with Crippen molar-refractivity contribution in [3.05, 3.63) is 83.6 Å². The van der Waals surface area contributed by atoms with Crippen LogP contribution in [0, 0.1) is 12.8 Å². The van der Waals surface area contributed by atoms with E-state index in [0.29, 0.717) is 36.6 Å². The van der Waals surface area contributed by atoms with E-state index in [2.05, 4.69) is 24.4 Å². The Morgan fingerprint density at radius 2 is 1.93 bits per heavy atom. The maximum Gasteiger partial charge on any atom is 0.290 e. The van der Waals surface area contributed by atoms with Crippen molar-refractivity contribution >= 4 is 33.1 Å². The number of amides is 1. The van der Waals surface area contributed by atoms with E-state index >= 15 is 0 Å². The lowest BCUT2D eigenvalue weighted by Gasteiger charge is -2.37. The van der Waals surface area contributed by atoms with Gasteiger partial charge in [-0.25, -0.2) is 4.98 Å². The summed E-state index contributed by atoms with van der Waals surface area (Å²) in [7, 11) is 0. The third kappa shape index (κ3) is 5.79. The van der Waals surface area contributed by atoms with Gasteiger partial charge in [0, 0.05) is 36.3 Å². The molecule has 0 aliphatic carbocycles. The summed E-state index contributed by atoms with van der Waals surface area (Å²) in [5.74, 6) is 0.912. The average Bonchev–Trinajstić information content (AvgIpc) is 3.63. The van der Waals surface area contributed by atoms with Gasteiger partial charge in [0.25, 0.3) is 5.91 Å². The number of aromatic nitrogens is 1. The van der Waals surface area contributed by atoms with E-state index in [1.807, 2.05) is 61.5 Å². The summed E-state index contributed by atoms with van der Waals surface area (Å²) in [6.45, 7) is 4.64. The number of benzene rings is 3. The Morgan fingerprint density at radius 3 is 2.73 bits per heavy atom. The number of aryl methyl sites for hydroxylation is 1. The zero-order valence-electron chi connectivity index (χ0n) is 23.0. The molecule has 0 unspecified atom stereocenters. The zero-order chi connectivity index (χ0) is 28.3. The van der Waals surface area contributed by atoms with Crippen molar-refractivity contribution in [1.82, 2.24) is 4.98 Å². The minimum atomic E-state index is -0.641. The van der Waals surface area contributed by atoms with Gasteiger partial charge in [-0.15, -0.1) is 11.3 Å². The molecule has 9 heteroatoms. The van der Waals surface area contributed by atoms with E-state index in [0.717, 1.165) is 26.4 Å². The normalized spacial score (nSPS) is 19.6. The maximum atomic E-state index is 13.5. The molecule has 2 aliphatic heterocycles. The van der Waals surface area contributed by atoms with Crippen LogP contribution in [-0.4, -0.2) is 42.3 Å². The predicted octanol–water partition coefficient (Wildman–Crippen LogP) is 6.39. The molecule has 0 radical (unpaired) electrons. The van der Waals surface area contributed by atoms with E-state index in [-0.39, 0.29) is 36.9 Å². The molecule has 0 spiro atoms. The standard InChI is InChI=1S/C32H32N2O6S/c1-3-37-32-23(5-4-14-35)24(21-9-13-26-27(16-21)39-18-38-26)17-28(40-32)30(36)33-22-10-7-20(8-11-22)31-34-25-12-6-19(2)15-29(25)41-31/h6-13,15-17,23-24,32,35H,3-5,14,18H2,1-2H3,(H,33,36)/t23-,24-,32-/m0/s1. The van der Waals surface area contributed by atoms with Crippen LogP contribution in [0.2, 0.25) is 0 Å². The minimum absolute atomic E-state index is 0.0624. The van der Waals surface area contributed by atoms with Gasteiger partial charge in [0.05, 0.1) is 10.2 Å². The molecule has 0 fully saturated rings. The van der Waals surface area contributed by atoms with Crippen molar-refractivity contribution in [3.8, 4) is 22.1 Å². The molecule has 212 valence electrons. The molecule has 0 bridgehead atoms. The van der Waals surface area contributed by atoms with Gasteiger partial charge in [-0.2, -0.15) is 0 Å². The van der Waals surface area contributed by atoms with E-state index in [1.54, 1.807) is 11.3 Å². The average molecular weight is 573 g/mol. The number of aliphatic hydroxyl groups is 1. The third-order valence-corrected chi connectivity index (χ3v) is 8.42. The highest BCUT2D eigenvalue weighted by molar-refractivity contribution is 7.21. The van der Waals surface area contributed by atoms with Crippen molar-refractivity contribution in [3.63, 3.8) is 0 Å². The number of nitrogens with one attached hydrogen (secondary N) is 1. The minimum Gasteiger partial charge on any atom is -0.459 e. The first kappa shape index (κ1) is 27.3. The third-order valence-electron chi connectivity index (χ3n) is 7.35. The number of thiazole rings is 1. The number of ether oxygens (including phenoxy) is 4. The topological polar surface area (TPSA) is 99.1 Å². The molecule has 41 heavy (non-hydrogen) atoms. The van der Waals surface area contributed by atoms with Crippen LogP contribution in [0.3, 0.4) is 0 Å². The summed E-state index contributed by atoms with van der Waals surface area (Å²) in [6.07, 6.45) is 2.47. The Bertz CT molecular complexity index is 1580. The SMILES string of the molecule is CCO[C@H]1OC(C(=O)Nc2ccc(-c3nc4ccc(C)cc4s3)cc2)=C[C@@H](c2ccc3c(c2)OCO3)[C@@H]1CCCO. The number of hydrogen-bond donors (Lipinski definition) is 2. The molecule has 0 saturated carbocycles. The second-order valence-electron chi connectivity index (χ2n) is 10.2. The van der Waals surface area contributed by atoms with Gasteiger partial charge in [-0.3, -0.25) is 4.79 Å². The molecule has 3 heterocycles. The fourth-order valence-corrected chi connectivity index (χ4v) is 6.38. The Kier molecular flexibility index (Phi) is 7.91. The van der Waals surface area contributed by atoms with Gasteiger partial charge >= 0.3 is 0 Å². The molecule has 6 rings (SSSR count). The van der Waals surface area contributed by atoms with Crippen LogP contribution >= 0.6 is 11.3 Å². The molecule has 8 nitrogen and oxygen atoms in total. The van der Waals surface area contributed by atoms with Crippen molar-refractivity contribution in [2.75, 3.05) is 25.3 Å². The Balaban J connectivity index is 1.24. The van der Waals surface area contributed by atoms with Gasteiger partial charge in [0.2, 0.25) is 13.1 Å². The molecule has 0 saturated heterocycles. The van der Waals surface area contributed by atoms with Crippen LogP contribution in [0.25, 0.3) is 20.8 Å². The van der Waals surface area contributed by atoms with Gasteiger partial charge in [-0.1, -0.05) is 12.1 Å². The molecule has 4 aromatic rings. The van der Waals surface area contributed by atoms with E-state index in [4.69, 9.17) is 23.9 Å². The number of carbonyl (C=O) groups excluding carboxylic acids is 1. The lowest BCUT2D eigenvalue weighted by Crippen LogP contribution is -2.37. The lowest BCUT2D eigenvalue weighted by atomic mass is 9.80. The molecule has 2 aliphatic rings. The van der Waals surface area contributed by atoms with Gasteiger partial charge in [-0.05, 0) is 92.4 Å². The summed E-state index contributed by atoms with van der Waals surface area (Å²) in [5.41, 5.74) is 4.78.